The molecule has 0 saturated carbocycles. The first-order chi connectivity index (χ1) is 7.18. The standard InChI is InChI=1S/C9H7ClN4O/c10-6-3-1-5(2-4-6)7-8(9(11)15)13-14-12-7/h1-4H,(H2,11,15)(H,12,13,14). The number of primary amides is 1. The van der Waals surface area contributed by atoms with Crippen LogP contribution in [0.5, 0.6) is 0 Å². The molecule has 0 aliphatic heterocycles. The third-order valence-electron chi connectivity index (χ3n) is 1.90. The zero-order chi connectivity index (χ0) is 10.8. The Balaban J connectivity index is 2.49. The van der Waals surface area contributed by atoms with E-state index in [1.165, 1.54) is 0 Å². The summed E-state index contributed by atoms with van der Waals surface area (Å²) in [6, 6.07) is 6.89. The van der Waals surface area contributed by atoms with Gasteiger partial charge in [0.2, 0.25) is 0 Å². The Morgan fingerprint density at radius 2 is 1.93 bits per heavy atom. The molecule has 2 aromatic rings. The Labute approximate surface area is 90.2 Å². The first kappa shape index (κ1) is 9.67. The van der Waals surface area contributed by atoms with Crippen molar-refractivity contribution in [1.82, 2.24) is 15.4 Å². The molecular weight excluding hydrogens is 216 g/mol. The molecule has 1 amide bonds. The zero-order valence-electron chi connectivity index (χ0n) is 7.57. The number of aromatic nitrogens is 3. The summed E-state index contributed by atoms with van der Waals surface area (Å²) < 4.78 is 0. The first-order valence-electron chi connectivity index (χ1n) is 4.15. The quantitative estimate of drug-likeness (QED) is 0.801. The number of carbonyl (C=O) groups is 1. The number of nitrogens with two attached hydrogens (primary N) is 1. The van der Waals surface area contributed by atoms with E-state index in [4.69, 9.17) is 17.3 Å². The summed E-state index contributed by atoms with van der Waals surface area (Å²) in [4.78, 5) is 11.0. The number of H-pyrrole nitrogens is 1. The second-order valence-electron chi connectivity index (χ2n) is 2.89. The lowest BCUT2D eigenvalue weighted by Crippen LogP contribution is -2.12. The van der Waals surface area contributed by atoms with Crippen LogP contribution in [0.15, 0.2) is 24.3 Å². The van der Waals surface area contributed by atoms with Gasteiger partial charge in [-0.15, -0.1) is 0 Å². The fraction of sp³-hybridized carbons (Fsp3) is 0. The molecule has 0 spiro atoms. The van der Waals surface area contributed by atoms with E-state index in [0.29, 0.717) is 10.7 Å². The fourth-order valence-electron chi connectivity index (χ4n) is 1.21. The van der Waals surface area contributed by atoms with Crippen LogP contribution in [0.3, 0.4) is 0 Å². The van der Waals surface area contributed by atoms with E-state index in [2.05, 4.69) is 15.4 Å². The Bertz CT molecular complexity index is 491. The van der Waals surface area contributed by atoms with Crippen LogP contribution >= 0.6 is 11.6 Å². The number of nitrogens with zero attached hydrogens (tertiary/aromatic N) is 2. The minimum atomic E-state index is -0.617. The number of halogens is 1. The van der Waals surface area contributed by atoms with E-state index in [1.54, 1.807) is 24.3 Å². The molecule has 0 bridgehead atoms. The van der Waals surface area contributed by atoms with Gasteiger partial charge in [0.25, 0.3) is 5.91 Å². The summed E-state index contributed by atoms with van der Waals surface area (Å²) in [5, 5.41) is 10.5. The van der Waals surface area contributed by atoms with Gasteiger partial charge in [0, 0.05) is 10.6 Å². The van der Waals surface area contributed by atoms with Gasteiger partial charge in [-0.05, 0) is 12.1 Å². The van der Waals surface area contributed by atoms with Crippen molar-refractivity contribution in [3.05, 3.63) is 35.0 Å². The van der Waals surface area contributed by atoms with Crippen LogP contribution in [0.2, 0.25) is 5.02 Å². The third kappa shape index (κ3) is 1.82. The van der Waals surface area contributed by atoms with Crippen LogP contribution in [-0.4, -0.2) is 21.3 Å². The van der Waals surface area contributed by atoms with Crippen molar-refractivity contribution < 1.29 is 4.79 Å². The van der Waals surface area contributed by atoms with Crippen molar-refractivity contribution in [2.45, 2.75) is 0 Å². The molecule has 1 aromatic carbocycles. The summed E-state index contributed by atoms with van der Waals surface area (Å²) in [7, 11) is 0. The van der Waals surface area contributed by atoms with Gasteiger partial charge in [0.1, 0.15) is 5.69 Å². The number of nitrogens with one attached hydrogen (secondary N) is 1. The molecule has 0 radical (unpaired) electrons. The van der Waals surface area contributed by atoms with Gasteiger partial charge in [-0.2, -0.15) is 15.4 Å². The van der Waals surface area contributed by atoms with Gasteiger partial charge in [0.05, 0.1) is 0 Å². The van der Waals surface area contributed by atoms with Gasteiger partial charge >= 0.3 is 0 Å². The largest absolute Gasteiger partial charge is 0.364 e. The van der Waals surface area contributed by atoms with Crippen LogP contribution in [0.1, 0.15) is 10.5 Å². The SMILES string of the molecule is NC(=O)c1n[nH]nc1-c1ccc(Cl)cc1. The number of amides is 1. The summed E-state index contributed by atoms with van der Waals surface area (Å²) >= 11 is 5.74. The zero-order valence-corrected chi connectivity index (χ0v) is 8.32. The molecule has 0 saturated heterocycles. The molecular formula is C9H7ClN4O. The summed E-state index contributed by atoms with van der Waals surface area (Å²) in [6.07, 6.45) is 0. The molecule has 1 aromatic heterocycles. The topological polar surface area (TPSA) is 84.7 Å². The van der Waals surface area contributed by atoms with E-state index >= 15 is 0 Å². The molecule has 0 aliphatic carbocycles. The molecule has 0 aliphatic rings. The van der Waals surface area contributed by atoms with Crippen molar-refractivity contribution in [3.63, 3.8) is 0 Å². The van der Waals surface area contributed by atoms with Crippen molar-refractivity contribution in [2.24, 2.45) is 5.73 Å². The lowest BCUT2D eigenvalue weighted by atomic mass is 10.1. The van der Waals surface area contributed by atoms with Crippen LogP contribution in [-0.2, 0) is 0 Å². The maximum atomic E-state index is 11.0. The number of rotatable bonds is 2. The molecule has 1 heterocycles. The van der Waals surface area contributed by atoms with Crippen LogP contribution in [0, 0.1) is 0 Å². The fourth-order valence-corrected chi connectivity index (χ4v) is 1.34. The number of carbonyl (C=O) groups excluding carboxylic acids is 1. The highest BCUT2D eigenvalue weighted by atomic mass is 35.5. The lowest BCUT2D eigenvalue weighted by Gasteiger charge is -1.97. The van der Waals surface area contributed by atoms with Gasteiger partial charge in [-0.3, -0.25) is 4.79 Å². The van der Waals surface area contributed by atoms with E-state index in [0.717, 1.165) is 5.56 Å². The van der Waals surface area contributed by atoms with Crippen molar-refractivity contribution >= 4 is 17.5 Å². The molecule has 3 N–H and O–H groups in total. The Kier molecular flexibility index (Phi) is 2.39. The maximum absolute atomic E-state index is 11.0. The summed E-state index contributed by atoms with van der Waals surface area (Å²) in [5.74, 6) is -0.617. The maximum Gasteiger partial charge on any atom is 0.271 e. The van der Waals surface area contributed by atoms with E-state index in [1.807, 2.05) is 0 Å². The number of aromatic amines is 1. The molecule has 76 valence electrons. The summed E-state index contributed by atoms with van der Waals surface area (Å²) in [5.41, 5.74) is 6.43. The van der Waals surface area contributed by atoms with Gasteiger partial charge in [-0.1, -0.05) is 23.7 Å². The van der Waals surface area contributed by atoms with E-state index in [-0.39, 0.29) is 5.69 Å². The second kappa shape index (κ2) is 3.70. The molecule has 2 rings (SSSR count). The average Bonchev–Trinajstić information content (AvgIpc) is 2.67. The smallest absolute Gasteiger partial charge is 0.271 e. The minimum Gasteiger partial charge on any atom is -0.364 e. The second-order valence-corrected chi connectivity index (χ2v) is 3.33. The highest BCUT2D eigenvalue weighted by Crippen LogP contribution is 2.21. The highest BCUT2D eigenvalue weighted by molar-refractivity contribution is 6.30. The highest BCUT2D eigenvalue weighted by Gasteiger charge is 2.14. The van der Waals surface area contributed by atoms with Gasteiger partial charge < -0.3 is 5.73 Å². The lowest BCUT2D eigenvalue weighted by molar-refractivity contribution is 0.0996. The Hall–Kier alpha value is -1.88. The van der Waals surface area contributed by atoms with Crippen LogP contribution in [0.4, 0.5) is 0 Å². The molecule has 0 unspecified atom stereocenters. The molecule has 5 nitrogen and oxygen atoms in total. The van der Waals surface area contributed by atoms with Gasteiger partial charge in [0.15, 0.2) is 5.69 Å². The number of hydrogen-bond acceptors (Lipinski definition) is 3. The van der Waals surface area contributed by atoms with E-state index in [9.17, 15) is 4.79 Å². The Morgan fingerprint density at radius 1 is 1.27 bits per heavy atom. The van der Waals surface area contributed by atoms with Gasteiger partial charge in [-0.25, -0.2) is 0 Å². The molecule has 0 atom stereocenters. The third-order valence-corrected chi connectivity index (χ3v) is 2.15. The average molecular weight is 223 g/mol. The number of benzene rings is 1. The Morgan fingerprint density at radius 3 is 2.53 bits per heavy atom. The molecule has 15 heavy (non-hydrogen) atoms. The molecule has 0 fully saturated rings. The van der Waals surface area contributed by atoms with Crippen LogP contribution < -0.4 is 5.73 Å². The first-order valence-corrected chi connectivity index (χ1v) is 4.53. The normalized spacial score (nSPS) is 10.2. The van der Waals surface area contributed by atoms with E-state index < -0.39 is 5.91 Å². The predicted molar refractivity (Wildman–Crippen MR) is 55.3 cm³/mol. The minimum absolute atomic E-state index is 0.123. The van der Waals surface area contributed by atoms with Crippen molar-refractivity contribution in [2.75, 3.05) is 0 Å². The molecule has 6 heteroatoms. The predicted octanol–water partition coefficient (Wildman–Crippen LogP) is 1.22. The summed E-state index contributed by atoms with van der Waals surface area (Å²) in [6.45, 7) is 0. The monoisotopic (exact) mass is 222 g/mol. The van der Waals surface area contributed by atoms with Crippen LogP contribution in [0.25, 0.3) is 11.3 Å². The number of hydrogen-bond donors (Lipinski definition) is 2. The van der Waals surface area contributed by atoms with Crippen molar-refractivity contribution in [3.8, 4) is 11.3 Å². The van der Waals surface area contributed by atoms with Crippen molar-refractivity contribution in [1.29, 1.82) is 0 Å².